The largest absolute Gasteiger partial charge is 0.469 e. The third kappa shape index (κ3) is 5.88. The Morgan fingerprint density at radius 3 is 2.30 bits per heavy atom. The maximum atomic E-state index is 12.0. The number of methoxy groups -OCH3 is 2. The molecule has 1 amide bonds. The van der Waals surface area contributed by atoms with E-state index in [0.29, 0.717) is 19.4 Å². The van der Waals surface area contributed by atoms with E-state index in [2.05, 4.69) is 9.64 Å². The molecule has 1 rings (SSSR count). The second kappa shape index (κ2) is 8.92. The van der Waals surface area contributed by atoms with Gasteiger partial charge in [0.2, 0.25) is 5.91 Å². The van der Waals surface area contributed by atoms with Crippen LogP contribution in [-0.2, 0) is 19.1 Å². The van der Waals surface area contributed by atoms with E-state index in [9.17, 15) is 9.59 Å². The summed E-state index contributed by atoms with van der Waals surface area (Å²) in [6.45, 7) is 5.79. The van der Waals surface area contributed by atoms with E-state index in [4.69, 9.17) is 4.74 Å². The van der Waals surface area contributed by atoms with Crippen LogP contribution in [0.5, 0.6) is 0 Å². The van der Waals surface area contributed by atoms with E-state index in [1.807, 2.05) is 11.8 Å². The van der Waals surface area contributed by atoms with E-state index in [1.165, 1.54) is 7.11 Å². The van der Waals surface area contributed by atoms with Crippen LogP contribution in [-0.4, -0.2) is 74.7 Å². The zero-order chi connectivity index (χ0) is 15.0. The summed E-state index contributed by atoms with van der Waals surface area (Å²) in [5.74, 6) is 0.0126. The number of hydrogen-bond acceptors (Lipinski definition) is 5. The van der Waals surface area contributed by atoms with Gasteiger partial charge in [0.15, 0.2) is 0 Å². The van der Waals surface area contributed by atoms with Gasteiger partial charge in [-0.15, -0.1) is 0 Å². The van der Waals surface area contributed by atoms with Crippen molar-refractivity contribution in [2.45, 2.75) is 32.3 Å². The van der Waals surface area contributed by atoms with Crippen molar-refractivity contribution in [2.75, 3.05) is 46.9 Å². The number of piperazine rings is 1. The Labute approximate surface area is 121 Å². The highest BCUT2D eigenvalue weighted by Gasteiger charge is 2.21. The standard InChI is InChI=1S/C14H26N2O4/c1-12(19-2)4-5-13(17)16-10-8-15(9-11-16)7-6-14(18)20-3/h12H,4-11H2,1-3H3. The Bertz CT molecular complexity index is 314. The fourth-order valence-corrected chi connectivity index (χ4v) is 2.18. The Balaban J connectivity index is 2.21. The fraction of sp³-hybridized carbons (Fsp3) is 0.857. The average Bonchev–Trinajstić information content (AvgIpc) is 2.50. The predicted molar refractivity (Wildman–Crippen MR) is 75.4 cm³/mol. The van der Waals surface area contributed by atoms with Gasteiger partial charge in [0.05, 0.1) is 19.6 Å². The van der Waals surface area contributed by atoms with E-state index in [1.54, 1.807) is 7.11 Å². The van der Waals surface area contributed by atoms with Crippen LogP contribution >= 0.6 is 0 Å². The Kier molecular flexibility index (Phi) is 7.54. The van der Waals surface area contributed by atoms with Gasteiger partial charge in [0.1, 0.15) is 0 Å². The third-order valence-corrected chi connectivity index (χ3v) is 3.75. The van der Waals surface area contributed by atoms with Crippen molar-refractivity contribution in [1.29, 1.82) is 0 Å². The Morgan fingerprint density at radius 1 is 1.10 bits per heavy atom. The highest BCUT2D eigenvalue weighted by molar-refractivity contribution is 5.76. The van der Waals surface area contributed by atoms with Crippen molar-refractivity contribution in [3.05, 3.63) is 0 Å². The zero-order valence-corrected chi connectivity index (χ0v) is 12.8. The number of carbonyl (C=O) groups excluding carboxylic acids is 2. The molecule has 0 bridgehead atoms. The van der Waals surface area contributed by atoms with Gasteiger partial charge >= 0.3 is 5.97 Å². The molecular weight excluding hydrogens is 260 g/mol. The van der Waals surface area contributed by atoms with Gasteiger partial charge in [-0.1, -0.05) is 0 Å². The van der Waals surface area contributed by atoms with Crippen molar-refractivity contribution in [3.8, 4) is 0 Å². The van der Waals surface area contributed by atoms with E-state index in [-0.39, 0.29) is 18.0 Å². The lowest BCUT2D eigenvalue weighted by Gasteiger charge is -2.34. The molecule has 1 atom stereocenters. The fourth-order valence-electron chi connectivity index (χ4n) is 2.18. The van der Waals surface area contributed by atoms with Crippen LogP contribution in [0.4, 0.5) is 0 Å². The van der Waals surface area contributed by atoms with E-state index < -0.39 is 0 Å². The van der Waals surface area contributed by atoms with Crippen LogP contribution in [0.2, 0.25) is 0 Å². The highest BCUT2D eigenvalue weighted by Crippen LogP contribution is 2.08. The Morgan fingerprint density at radius 2 is 1.75 bits per heavy atom. The molecule has 1 aliphatic rings. The van der Waals surface area contributed by atoms with Crippen LogP contribution < -0.4 is 0 Å². The SMILES string of the molecule is COC(=O)CCN1CCN(C(=O)CCC(C)OC)CC1. The van der Waals surface area contributed by atoms with Crippen molar-refractivity contribution in [2.24, 2.45) is 0 Å². The van der Waals surface area contributed by atoms with Crippen molar-refractivity contribution >= 4 is 11.9 Å². The summed E-state index contributed by atoms with van der Waals surface area (Å²) in [4.78, 5) is 27.2. The lowest BCUT2D eigenvalue weighted by atomic mass is 10.2. The predicted octanol–water partition coefficient (Wildman–Crippen LogP) is 0.509. The van der Waals surface area contributed by atoms with Gasteiger partial charge in [-0.3, -0.25) is 14.5 Å². The minimum atomic E-state index is -0.183. The molecule has 1 fully saturated rings. The molecule has 1 unspecified atom stereocenters. The first-order valence-electron chi connectivity index (χ1n) is 7.16. The molecule has 6 nitrogen and oxygen atoms in total. The lowest BCUT2D eigenvalue weighted by molar-refractivity contribution is -0.141. The summed E-state index contributed by atoms with van der Waals surface area (Å²) in [5, 5.41) is 0. The summed E-state index contributed by atoms with van der Waals surface area (Å²) >= 11 is 0. The number of hydrogen-bond donors (Lipinski definition) is 0. The number of rotatable bonds is 7. The van der Waals surface area contributed by atoms with Crippen molar-refractivity contribution < 1.29 is 19.1 Å². The van der Waals surface area contributed by atoms with Crippen LogP contribution in [0.25, 0.3) is 0 Å². The molecule has 116 valence electrons. The summed E-state index contributed by atoms with van der Waals surface area (Å²) in [7, 11) is 3.06. The summed E-state index contributed by atoms with van der Waals surface area (Å²) in [6, 6.07) is 0. The first-order valence-corrected chi connectivity index (χ1v) is 7.16. The molecule has 0 N–H and O–H groups in total. The lowest BCUT2D eigenvalue weighted by Crippen LogP contribution is -2.49. The molecule has 20 heavy (non-hydrogen) atoms. The number of amides is 1. The minimum absolute atomic E-state index is 0.125. The van der Waals surface area contributed by atoms with Gasteiger partial charge in [0.25, 0.3) is 0 Å². The second-order valence-corrected chi connectivity index (χ2v) is 5.13. The number of nitrogens with zero attached hydrogens (tertiary/aromatic N) is 2. The van der Waals surface area contributed by atoms with Crippen LogP contribution in [0.15, 0.2) is 0 Å². The molecule has 0 aromatic carbocycles. The number of carbonyl (C=O) groups is 2. The molecule has 0 saturated carbocycles. The van der Waals surface area contributed by atoms with Crippen molar-refractivity contribution in [1.82, 2.24) is 9.80 Å². The van der Waals surface area contributed by atoms with Gasteiger partial charge < -0.3 is 14.4 Å². The minimum Gasteiger partial charge on any atom is -0.469 e. The molecule has 6 heteroatoms. The molecule has 0 radical (unpaired) electrons. The first-order chi connectivity index (χ1) is 9.56. The molecule has 0 aromatic rings. The van der Waals surface area contributed by atoms with Crippen LogP contribution in [0.3, 0.4) is 0 Å². The average molecular weight is 286 g/mol. The maximum Gasteiger partial charge on any atom is 0.306 e. The third-order valence-electron chi connectivity index (χ3n) is 3.75. The van der Waals surface area contributed by atoms with Gasteiger partial charge in [0, 0.05) is 46.3 Å². The van der Waals surface area contributed by atoms with E-state index >= 15 is 0 Å². The second-order valence-electron chi connectivity index (χ2n) is 5.13. The van der Waals surface area contributed by atoms with Crippen molar-refractivity contribution in [3.63, 3.8) is 0 Å². The molecule has 1 heterocycles. The molecule has 1 saturated heterocycles. The molecular formula is C14H26N2O4. The van der Waals surface area contributed by atoms with Crippen LogP contribution in [0, 0.1) is 0 Å². The Hall–Kier alpha value is -1.14. The summed E-state index contributed by atoms with van der Waals surface area (Å²) < 4.78 is 9.77. The smallest absolute Gasteiger partial charge is 0.306 e. The summed E-state index contributed by atoms with van der Waals surface area (Å²) in [5.41, 5.74) is 0. The van der Waals surface area contributed by atoms with E-state index in [0.717, 1.165) is 32.6 Å². The first kappa shape index (κ1) is 16.9. The molecule has 0 aromatic heterocycles. The van der Waals surface area contributed by atoms with Gasteiger partial charge in [-0.25, -0.2) is 0 Å². The topological polar surface area (TPSA) is 59.1 Å². The van der Waals surface area contributed by atoms with Gasteiger partial charge in [-0.05, 0) is 13.3 Å². The molecule has 1 aliphatic heterocycles. The van der Waals surface area contributed by atoms with Gasteiger partial charge in [-0.2, -0.15) is 0 Å². The maximum absolute atomic E-state index is 12.0. The number of esters is 1. The molecule has 0 spiro atoms. The monoisotopic (exact) mass is 286 g/mol. The highest BCUT2D eigenvalue weighted by atomic mass is 16.5. The number of ether oxygens (including phenoxy) is 2. The molecule has 0 aliphatic carbocycles. The normalized spacial score (nSPS) is 17.9. The zero-order valence-electron chi connectivity index (χ0n) is 12.8. The van der Waals surface area contributed by atoms with Crippen LogP contribution in [0.1, 0.15) is 26.2 Å². The summed E-state index contributed by atoms with van der Waals surface area (Å²) in [6.07, 6.45) is 1.84. The quantitative estimate of drug-likeness (QED) is 0.638.